The second-order valence-corrected chi connectivity index (χ2v) is 6.94. The maximum atomic E-state index is 14.5. The number of hydrogen-bond acceptors (Lipinski definition) is 4. The zero-order chi connectivity index (χ0) is 25.5. The molecule has 0 aliphatic rings. The molecule has 0 spiro atoms. The molecule has 2 aromatic rings. The summed E-state index contributed by atoms with van der Waals surface area (Å²) in [4.78, 5) is 22.1. The number of aromatic nitrogens is 3. The number of amides is 1. The van der Waals surface area contributed by atoms with Crippen molar-refractivity contribution < 1.29 is 31.1 Å². The summed E-state index contributed by atoms with van der Waals surface area (Å²) in [6.07, 6.45) is -4.38. The molecular formula is C20H21F6N7O. The predicted molar refractivity (Wildman–Crippen MR) is 113 cm³/mol. The quantitative estimate of drug-likeness (QED) is 0.349. The minimum absolute atomic E-state index is 0.267. The van der Waals surface area contributed by atoms with Gasteiger partial charge in [-0.1, -0.05) is 6.07 Å². The van der Waals surface area contributed by atoms with E-state index in [0.29, 0.717) is 6.20 Å². The average molecular weight is 489 g/mol. The Morgan fingerprint density at radius 2 is 1.94 bits per heavy atom. The van der Waals surface area contributed by atoms with Gasteiger partial charge in [0.15, 0.2) is 5.82 Å². The number of aliphatic imine (C=N–C) groups is 2. The smallest absolute Gasteiger partial charge is 0.331 e. The van der Waals surface area contributed by atoms with E-state index in [1.54, 1.807) is 0 Å². The SMILES string of the molecule is C=NC(=NC[C@H](C)N(CC(F)F)C(=O)c1cccc(F)c1-n1nccn1)N/C=C(\C)C(F)(F)F. The summed E-state index contributed by atoms with van der Waals surface area (Å²) in [7, 11) is 0. The molecule has 1 N–H and O–H groups in total. The first-order valence-electron chi connectivity index (χ1n) is 9.71. The summed E-state index contributed by atoms with van der Waals surface area (Å²) < 4.78 is 78.9. The van der Waals surface area contributed by atoms with E-state index < -0.39 is 42.5 Å². The first-order chi connectivity index (χ1) is 16.0. The van der Waals surface area contributed by atoms with E-state index in [4.69, 9.17) is 0 Å². The topological polar surface area (TPSA) is 87.8 Å². The lowest BCUT2D eigenvalue weighted by Gasteiger charge is -2.28. The molecule has 0 aliphatic heterocycles. The van der Waals surface area contributed by atoms with Gasteiger partial charge in [-0.05, 0) is 32.7 Å². The molecule has 0 aliphatic carbocycles. The zero-order valence-corrected chi connectivity index (χ0v) is 18.1. The number of guanidine groups is 1. The van der Waals surface area contributed by atoms with Crippen LogP contribution in [0.25, 0.3) is 5.69 Å². The van der Waals surface area contributed by atoms with Crippen LogP contribution in [-0.4, -0.2) is 70.2 Å². The Kier molecular flexibility index (Phi) is 8.92. The number of allylic oxidation sites excluding steroid dienone is 1. The monoisotopic (exact) mass is 489 g/mol. The van der Waals surface area contributed by atoms with Crippen molar-refractivity contribution in [3.05, 3.63) is 53.7 Å². The summed E-state index contributed by atoms with van der Waals surface area (Å²) >= 11 is 0. The number of nitrogens with one attached hydrogen (secondary N) is 1. The molecule has 14 heteroatoms. The van der Waals surface area contributed by atoms with Crippen molar-refractivity contribution in [3.8, 4) is 5.69 Å². The maximum Gasteiger partial charge on any atom is 0.413 e. The molecule has 0 saturated heterocycles. The number of rotatable bonds is 8. The van der Waals surface area contributed by atoms with Gasteiger partial charge in [0.25, 0.3) is 12.3 Å². The van der Waals surface area contributed by atoms with Crippen LogP contribution in [-0.2, 0) is 0 Å². The van der Waals surface area contributed by atoms with E-state index in [1.165, 1.54) is 31.5 Å². The molecule has 8 nitrogen and oxygen atoms in total. The fourth-order valence-electron chi connectivity index (χ4n) is 2.70. The molecule has 2 rings (SSSR count). The van der Waals surface area contributed by atoms with Crippen LogP contribution in [0.5, 0.6) is 0 Å². The van der Waals surface area contributed by atoms with Gasteiger partial charge in [-0.25, -0.2) is 23.2 Å². The number of halogens is 6. The maximum absolute atomic E-state index is 14.5. The van der Waals surface area contributed by atoms with Crippen molar-refractivity contribution in [3.63, 3.8) is 0 Å². The molecule has 1 heterocycles. The molecule has 34 heavy (non-hydrogen) atoms. The van der Waals surface area contributed by atoms with Crippen molar-refractivity contribution in [2.75, 3.05) is 13.1 Å². The van der Waals surface area contributed by atoms with Crippen molar-refractivity contribution in [2.24, 2.45) is 9.98 Å². The van der Waals surface area contributed by atoms with Crippen LogP contribution < -0.4 is 5.32 Å². The van der Waals surface area contributed by atoms with Gasteiger partial charge in [0.2, 0.25) is 5.96 Å². The Bertz CT molecular complexity index is 1050. The van der Waals surface area contributed by atoms with Gasteiger partial charge in [-0.15, -0.1) is 4.80 Å². The van der Waals surface area contributed by atoms with Gasteiger partial charge in [0.05, 0.1) is 31.0 Å². The predicted octanol–water partition coefficient (Wildman–Crippen LogP) is 3.61. The Hall–Kier alpha value is -3.71. The highest BCUT2D eigenvalue weighted by molar-refractivity contribution is 5.98. The van der Waals surface area contributed by atoms with Crippen LogP contribution in [0.4, 0.5) is 26.3 Å². The van der Waals surface area contributed by atoms with E-state index in [9.17, 15) is 31.1 Å². The molecule has 1 aromatic heterocycles. The normalized spacial score (nSPS) is 13.7. The minimum atomic E-state index is -4.57. The lowest BCUT2D eigenvalue weighted by atomic mass is 10.1. The Morgan fingerprint density at radius 3 is 2.50 bits per heavy atom. The van der Waals surface area contributed by atoms with Gasteiger partial charge in [0, 0.05) is 17.8 Å². The third-order valence-corrected chi connectivity index (χ3v) is 4.48. The van der Waals surface area contributed by atoms with Gasteiger partial charge in [0.1, 0.15) is 5.69 Å². The fourth-order valence-corrected chi connectivity index (χ4v) is 2.70. The Balaban J connectivity index is 2.31. The molecular weight excluding hydrogens is 468 g/mol. The van der Waals surface area contributed by atoms with E-state index in [2.05, 4.69) is 32.2 Å². The number of para-hydroxylation sites is 1. The summed E-state index contributed by atoms with van der Waals surface area (Å²) in [5.41, 5.74) is -1.55. The van der Waals surface area contributed by atoms with Crippen molar-refractivity contribution in [1.29, 1.82) is 0 Å². The van der Waals surface area contributed by atoms with Crippen LogP contribution in [0.15, 0.2) is 52.4 Å². The van der Waals surface area contributed by atoms with Gasteiger partial charge < -0.3 is 10.2 Å². The molecule has 0 radical (unpaired) electrons. The first-order valence-corrected chi connectivity index (χ1v) is 9.71. The highest BCUT2D eigenvalue weighted by Crippen LogP contribution is 2.24. The third kappa shape index (κ3) is 6.89. The van der Waals surface area contributed by atoms with Crippen LogP contribution in [0, 0.1) is 5.82 Å². The molecule has 1 atom stereocenters. The lowest BCUT2D eigenvalue weighted by molar-refractivity contribution is -0.0916. The van der Waals surface area contributed by atoms with Crippen LogP contribution >= 0.6 is 0 Å². The van der Waals surface area contributed by atoms with E-state index in [-0.39, 0.29) is 23.8 Å². The standard InChI is InChI=1S/C20H21F6N7O/c1-12(20(24,25)26)9-28-19(27-3)29-10-13(2)32(11-16(22)23)18(34)14-5-4-6-15(21)17(14)33-30-7-8-31-33/h4-9,13,16H,3,10-11H2,1-2H3,(H,28,29)/b12-9+/t13-/m0/s1. The number of benzene rings is 1. The number of hydrogen-bond donors (Lipinski definition) is 1. The van der Waals surface area contributed by atoms with E-state index in [0.717, 1.165) is 22.7 Å². The fraction of sp³-hybridized carbons (Fsp3) is 0.350. The summed E-state index contributed by atoms with van der Waals surface area (Å²) in [6.45, 7) is 4.09. The molecule has 1 aromatic carbocycles. The van der Waals surface area contributed by atoms with Crippen molar-refractivity contribution >= 4 is 18.6 Å². The first kappa shape index (κ1) is 26.5. The zero-order valence-electron chi connectivity index (χ0n) is 18.1. The number of carbonyl (C=O) groups excluding carboxylic acids is 1. The Labute approximate surface area is 190 Å². The number of nitrogens with zero attached hydrogens (tertiary/aromatic N) is 6. The second-order valence-electron chi connectivity index (χ2n) is 6.94. The minimum Gasteiger partial charge on any atom is -0.331 e. The summed E-state index contributed by atoms with van der Waals surface area (Å²) in [6, 6.07) is 2.55. The van der Waals surface area contributed by atoms with Crippen LogP contribution in [0.2, 0.25) is 0 Å². The third-order valence-electron chi connectivity index (χ3n) is 4.48. The number of carbonyl (C=O) groups is 1. The molecule has 184 valence electrons. The van der Waals surface area contributed by atoms with Crippen LogP contribution in [0.1, 0.15) is 24.2 Å². The molecule has 0 bridgehead atoms. The molecule has 0 unspecified atom stereocenters. The van der Waals surface area contributed by atoms with E-state index >= 15 is 0 Å². The Morgan fingerprint density at radius 1 is 1.29 bits per heavy atom. The highest BCUT2D eigenvalue weighted by Gasteiger charge is 2.30. The van der Waals surface area contributed by atoms with Gasteiger partial charge in [-0.3, -0.25) is 4.79 Å². The number of alkyl halides is 5. The lowest BCUT2D eigenvalue weighted by Crippen LogP contribution is -2.44. The summed E-state index contributed by atoms with van der Waals surface area (Å²) in [5, 5.41) is 9.80. The van der Waals surface area contributed by atoms with Crippen LogP contribution in [0.3, 0.4) is 0 Å². The molecule has 1 amide bonds. The largest absolute Gasteiger partial charge is 0.413 e. The van der Waals surface area contributed by atoms with Crippen molar-refractivity contribution in [1.82, 2.24) is 25.2 Å². The van der Waals surface area contributed by atoms with Gasteiger partial charge in [-0.2, -0.15) is 23.4 Å². The average Bonchev–Trinajstić information content (AvgIpc) is 3.30. The highest BCUT2D eigenvalue weighted by atomic mass is 19.4. The summed E-state index contributed by atoms with van der Waals surface area (Å²) in [5.74, 6) is -2.10. The second kappa shape index (κ2) is 11.4. The van der Waals surface area contributed by atoms with E-state index in [1.807, 2.05) is 0 Å². The van der Waals surface area contributed by atoms with Crippen molar-refractivity contribution in [2.45, 2.75) is 32.5 Å². The molecule has 0 saturated carbocycles. The van der Waals surface area contributed by atoms with Gasteiger partial charge >= 0.3 is 6.18 Å². The molecule has 0 fully saturated rings.